The predicted octanol–water partition coefficient (Wildman–Crippen LogP) is 4.78. The van der Waals surface area contributed by atoms with Crippen LogP contribution >= 0.6 is 0 Å². The summed E-state index contributed by atoms with van der Waals surface area (Å²) >= 11 is 0. The Kier molecular flexibility index (Phi) is 6.58. The number of amides is 1. The average molecular weight is 481 g/mol. The van der Waals surface area contributed by atoms with Crippen molar-refractivity contribution in [3.8, 4) is 17.1 Å². The number of aromatic nitrogens is 4. The molecule has 178 valence electrons. The smallest absolute Gasteiger partial charge is 0.434 e. The van der Waals surface area contributed by atoms with Gasteiger partial charge in [0.2, 0.25) is 0 Å². The van der Waals surface area contributed by atoms with E-state index in [2.05, 4.69) is 20.4 Å². The molecular formula is C24H18F3N5O3. The molecular weight excluding hydrogens is 463 g/mol. The quantitative estimate of drug-likeness (QED) is 0.398. The molecule has 0 unspecified atom stereocenters. The van der Waals surface area contributed by atoms with E-state index < -0.39 is 29.3 Å². The van der Waals surface area contributed by atoms with Gasteiger partial charge in [-0.05, 0) is 31.2 Å². The number of rotatable bonds is 6. The van der Waals surface area contributed by atoms with Crippen LogP contribution in [-0.4, -0.2) is 38.2 Å². The van der Waals surface area contributed by atoms with Gasteiger partial charge >= 0.3 is 12.1 Å². The first kappa shape index (κ1) is 23.6. The molecule has 4 rings (SSSR count). The normalized spacial score (nSPS) is 11.2. The summed E-state index contributed by atoms with van der Waals surface area (Å²) in [6.07, 6.45) is -1.27. The van der Waals surface area contributed by atoms with Gasteiger partial charge in [-0.1, -0.05) is 30.3 Å². The number of hydrogen-bond donors (Lipinski definition) is 1. The number of halogens is 3. The summed E-state index contributed by atoms with van der Waals surface area (Å²) in [7, 11) is 0. The highest BCUT2D eigenvalue weighted by Gasteiger charge is 2.41. The topological polar surface area (TPSA) is 99.0 Å². The first-order valence-electron chi connectivity index (χ1n) is 10.4. The molecule has 1 N–H and O–H groups in total. The number of carbonyl (C=O) groups is 2. The van der Waals surface area contributed by atoms with Crippen LogP contribution in [0.15, 0.2) is 73.2 Å². The molecule has 35 heavy (non-hydrogen) atoms. The van der Waals surface area contributed by atoms with Crippen molar-refractivity contribution in [3.05, 3.63) is 90.0 Å². The van der Waals surface area contributed by atoms with Gasteiger partial charge in [0.15, 0.2) is 11.5 Å². The van der Waals surface area contributed by atoms with Crippen molar-refractivity contribution in [1.82, 2.24) is 19.7 Å². The van der Waals surface area contributed by atoms with Crippen LogP contribution in [0.25, 0.3) is 17.1 Å². The molecule has 0 saturated heterocycles. The number of anilines is 1. The zero-order valence-electron chi connectivity index (χ0n) is 18.3. The van der Waals surface area contributed by atoms with Crippen LogP contribution in [0.1, 0.15) is 33.3 Å². The molecule has 0 aliphatic carbocycles. The van der Waals surface area contributed by atoms with Crippen molar-refractivity contribution in [2.24, 2.45) is 0 Å². The van der Waals surface area contributed by atoms with E-state index in [1.807, 2.05) is 30.3 Å². The lowest BCUT2D eigenvalue weighted by atomic mass is 10.2. The molecule has 2 heterocycles. The van der Waals surface area contributed by atoms with Gasteiger partial charge in [0.1, 0.15) is 5.56 Å². The Bertz CT molecular complexity index is 1340. The molecule has 0 atom stereocenters. The van der Waals surface area contributed by atoms with Crippen LogP contribution in [0.2, 0.25) is 0 Å². The summed E-state index contributed by atoms with van der Waals surface area (Å²) in [4.78, 5) is 32.9. The second-order valence-electron chi connectivity index (χ2n) is 7.20. The van der Waals surface area contributed by atoms with Gasteiger partial charge in [-0.2, -0.15) is 18.3 Å². The van der Waals surface area contributed by atoms with Crippen molar-refractivity contribution in [2.45, 2.75) is 13.1 Å². The monoisotopic (exact) mass is 481 g/mol. The zero-order chi connectivity index (χ0) is 25.0. The van der Waals surface area contributed by atoms with E-state index >= 15 is 0 Å². The predicted molar refractivity (Wildman–Crippen MR) is 120 cm³/mol. The Labute approximate surface area is 197 Å². The molecule has 11 heteroatoms. The number of ether oxygens (including phenoxy) is 1. The van der Waals surface area contributed by atoms with Crippen LogP contribution in [0.3, 0.4) is 0 Å². The number of nitrogens with zero attached hydrogens (tertiary/aromatic N) is 4. The van der Waals surface area contributed by atoms with Gasteiger partial charge in [0.05, 0.1) is 24.1 Å². The highest BCUT2D eigenvalue weighted by Crippen LogP contribution is 2.34. The molecule has 2 aromatic carbocycles. The van der Waals surface area contributed by atoms with Crippen LogP contribution in [-0.2, 0) is 10.9 Å². The van der Waals surface area contributed by atoms with Crippen molar-refractivity contribution in [2.75, 3.05) is 11.9 Å². The molecule has 0 fully saturated rings. The van der Waals surface area contributed by atoms with Crippen LogP contribution in [0.5, 0.6) is 0 Å². The fraction of sp³-hybridized carbons (Fsp3) is 0.125. The number of esters is 1. The first-order chi connectivity index (χ1) is 16.8. The van der Waals surface area contributed by atoms with Crippen molar-refractivity contribution >= 4 is 17.6 Å². The van der Waals surface area contributed by atoms with E-state index in [9.17, 15) is 22.8 Å². The van der Waals surface area contributed by atoms with Crippen molar-refractivity contribution in [1.29, 1.82) is 0 Å². The third-order valence-electron chi connectivity index (χ3n) is 4.85. The molecule has 0 aliphatic rings. The lowest BCUT2D eigenvalue weighted by Crippen LogP contribution is -2.18. The fourth-order valence-electron chi connectivity index (χ4n) is 3.25. The molecule has 2 aromatic heterocycles. The number of alkyl halides is 3. The maximum absolute atomic E-state index is 13.7. The summed E-state index contributed by atoms with van der Waals surface area (Å²) in [5, 5.41) is 6.36. The minimum Gasteiger partial charge on any atom is -0.462 e. The van der Waals surface area contributed by atoms with E-state index in [4.69, 9.17) is 4.74 Å². The average Bonchev–Trinajstić information content (AvgIpc) is 3.32. The third kappa shape index (κ3) is 5.18. The Morgan fingerprint density at radius 1 is 0.971 bits per heavy atom. The highest BCUT2D eigenvalue weighted by molar-refractivity contribution is 6.04. The molecule has 0 bridgehead atoms. The van der Waals surface area contributed by atoms with Crippen molar-refractivity contribution in [3.63, 3.8) is 0 Å². The Morgan fingerprint density at radius 3 is 2.23 bits per heavy atom. The summed E-state index contributed by atoms with van der Waals surface area (Å²) in [6.45, 7) is 1.42. The summed E-state index contributed by atoms with van der Waals surface area (Å²) in [5.41, 5.74) is -0.546. The maximum atomic E-state index is 13.7. The van der Waals surface area contributed by atoms with Crippen molar-refractivity contribution < 1.29 is 27.5 Å². The van der Waals surface area contributed by atoms with Gasteiger partial charge < -0.3 is 10.1 Å². The largest absolute Gasteiger partial charge is 0.462 e. The summed E-state index contributed by atoms with van der Waals surface area (Å²) < 4.78 is 46.3. The number of hydrogen-bond acceptors (Lipinski definition) is 6. The molecule has 1 amide bonds. The Hall–Kier alpha value is -4.54. The highest BCUT2D eigenvalue weighted by atomic mass is 19.4. The van der Waals surface area contributed by atoms with Gasteiger partial charge in [0, 0.05) is 23.6 Å². The minimum atomic E-state index is -4.85. The standard InChI is InChI=1S/C24H18F3N5O3/c1-2-35-23(34)19-14-30-32(20(19)24(25,26)27)18-10-8-17(9-11-18)31-22(33)16-12-28-21(29-13-16)15-6-4-3-5-7-15/h3-14H,2H2,1H3,(H,31,33). The lowest BCUT2D eigenvalue weighted by molar-refractivity contribution is -0.143. The van der Waals surface area contributed by atoms with E-state index in [0.717, 1.165) is 11.8 Å². The maximum Gasteiger partial charge on any atom is 0.434 e. The Morgan fingerprint density at radius 2 is 1.63 bits per heavy atom. The molecule has 4 aromatic rings. The zero-order valence-corrected chi connectivity index (χ0v) is 18.3. The second-order valence-corrected chi connectivity index (χ2v) is 7.20. The third-order valence-corrected chi connectivity index (χ3v) is 4.85. The van der Waals surface area contributed by atoms with Gasteiger partial charge in [-0.3, -0.25) is 4.79 Å². The fourth-order valence-corrected chi connectivity index (χ4v) is 3.25. The Balaban J connectivity index is 1.52. The lowest BCUT2D eigenvalue weighted by Gasteiger charge is -2.13. The van der Waals surface area contributed by atoms with E-state index in [1.54, 1.807) is 0 Å². The molecule has 8 nitrogen and oxygen atoms in total. The van der Waals surface area contributed by atoms with E-state index in [-0.39, 0.29) is 17.9 Å². The van der Waals surface area contributed by atoms with Crippen LogP contribution in [0, 0.1) is 0 Å². The van der Waals surface area contributed by atoms with E-state index in [1.165, 1.54) is 43.6 Å². The van der Waals surface area contributed by atoms with Crippen LogP contribution < -0.4 is 5.32 Å². The van der Waals surface area contributed by atoms with Gasteiger partial charge in [-0.15, -0.1) is 0 Å². The molecule has 0 aliphatic heterocycles. The first-order valence-corrected chi connectivity index (χ1v) is 10.4. The number of carbonyl (C=O) groups excluding carboxylic acids is 2. The molecule has 0 spiro atoms. The number of benzene rings is 2. The molecule has 0 radical (unpaired) electrons. The molecule has 0 saturated carbocycles. The van der Waals surface area contributed by atoms with Crippen LogP contribution in [0.4, 0.5) is 18.9 Å². The SMILES string of the molecule is CCOC(=O)c1cnn(-c2ccc(NC(=O)c3cnc(-c4ccccc4)nc3)cc2)c1C(F)(F)F. The van der Waals surface area contributed by atoms with E-state index in [0.29, 0.717) is 16.2 Å². The van der Waals surface area contributed by atoms with Gasteiger partial charge in [0.25, 0.3) is 5.91 Å². The number of nitrogens with one attached hydrogen (secondary N) is 1. The second kappa shape index (κ2) is 9.75. The summed E-state index contributed by atoms with van der Waals surface area (Å²) in [6, 6.07) is 14.8. The minimum absolute atomic E-state index is 0.0430. The summed E-state index contributed by atoms with van der Waals surface area (Å²) in [5.74, 6) is -1.14. The van der Waals surface area contributed by atoms with Gasteiger partial charge in [-0.25, -0.2) is 19.4 Å².